The van der Waals surface area contributed by atoms with Crippen molar-refractivity contribution in [1.82, 2.24) is 4.90 Å². The summed E-state index contributed by atoms with van der Waals surface area (Å²) in [6.45, 7) is 8.63. The molecule has 34 heavy (non-hydrogen) atoms. The second kappa shape index (κ2) is 12.1. The first-order chi connectivity index (χ1) is 16.1. The fraction of sp³-hybridized carbons (Fsp3) is 0.500. The fourth-order valence-corrected chi connectivity index (χ4v) is 4.96. The van der Waals surface area contributed by atoms with E-state index in [1.54, 1.807) is 18.2 Å². The number of sulfonamides is 1. The van der Waals surface area contributed by atoms with E-state index in [2.05, 4.69) is 18.6 Å². The third kappa shape index (κ3) is 6.65. The van der Waals surface area contributed by atoms with Crippen molar-refractivity contribution in [2.45, 2.75) is 64.4 Å². The molecule has 2 aromatic carbocycles. The van der Waals surface area contributed by atoms with Gasteiger partial charge < -0.3 is 14.5 Å². The first-order valence-electron chi connectivity index (χ1n) is 11.8. The molecule has 0 aliphatic carbocycles. The molecule has 8 heteroatoms. The molecule has 0 spiro atoms. The minimum Gasteiger partial charge on any atom is -0.497 e. The van der Waals surface area contributed by atoms with Gasteiger partial charge in [-0.25, -0.2) is 8.42 Å². The van der Waals surface area contributed by atoms with Gasteiger partial charge >= 0.3 is 0 Å². The molecule has 0 aliphatic rings. The Morgan fingerprint density at radius 1 is 1.00 bits per heavy atom. The number of methoxy groups -OCH3 is 1. The summed E-state index contributed by atoms with van der Waals surface area (Å²) in [6, 6.07) is 11.8. The van der Waals surface area contributed by atoms with Crippen molar-refractivity contribution in [1.29, 1.82) is 0 Å². The fourth-order valence-electron chi connectivity index (χ4n) is 3.91. The number of nitrogens with one attached hydrogen (secondary N) is 1. The van der Waals surface area contributed by atoms with Crippen molar-refractivity contribution < 1.29 is 17.9 Å². The average molecular weight is 490 g/mol. The summed E-state index contributed by atoms with van der Waals surface area (Å²) in [7, 11) is 1.64. The van der Waals surface area contributed by atoms with Crippen LogP contribution in [-0.2, 0) is 21.4 Å². The number of rotatable bonds is 12. The molecule has 0 saturated heterocycles. The molecule has 0 radical (unpaired) electrons. The molecule has 0 heterocycles. The molecule has 0 fully saturated rings. The Labute approximate surface area is 205 Å². The van der Waals surface area contributed by atoms with E-state index >= 15 is 0 Å². The summed E-state index contributed by atoms with van der Waals surface area (Å²) >= 11 is 0. The number of anilines is 2. The van der Waals surface area contributed by atoms with Crippen LogP contribution < -0.4 is 14.4 Å². The van der Waals surface area contributed by atoms with Crippen LogP contribution in [0.2, 0.25) is 0 Å². The highest BCUT2D eigenvalue weighted by Gasteiger charge is 2.26. The monoisotopic (exact) mass is 489 g/mol. The van der Waals surface area contributed by atoms with Gasteiger partial charge in [-0.05, 0) is 74.2 Å². The zero-order valence-electron chi connectivity index (χ0n) is 21.5. The molecule has 0 aliphatic heterocycles. The zero-order valence-corrected chi connectivity index (χ0v) is 22.3. The first kappa shape index (κ1) is 27.5. The maximum atomic E-state index is 13.3. The lowest BCUT2D eigenvalue weighted by molar-refractivity contribution is -0.138. The minimum atomic E-state index is -3.78. The Balaban J connectivity index is 2.42. The molecule has 1 amide bonds. The standard InChI is InChI=1S/C26H39N3O4S/c1-8-19(4)29(26(30)20(9-2)10-3)18-21-17-22(11-16-25(21)28(5)6)27-34(31,32)24-14-12-23(33-7)13-15-24/h11-17,19-20,27H,8-10,18H2,1-7H3/t19-/m0/s1. The van der Waals surface area contributed by atoms with Gasteiger partial charge in [0, 0.05) is 44.0 Å². The summed E-state index contributed by atoms with van der Waals surface area (Å²) in [4.78, 5) is 17.4. The second-order valence-corrected chi connectivity index (χ2v) is 10.4. The van der Waals surface area contributed by atoms with Crippen molar-refractivity contribution in [3.63, 3.8) is 0 Å². The Morgan fingerprint density at radius 3 is 2.12 bits per heavy atom. The zero-order chi connectivity index (χ0) is 25.5. The van der Waals surface area contributed by atoms with Gasteiger partial charge in [-0.1, -0.05) is 20.8 Å². The highest BCUT2D eigenvalue weighted by Crippen LogP contribution is 2.28. The van der Waals surface area contributed by atoms with Crippen LogP contribution in [0.5, 0.6) is 5.75 Å². The van der Waals surface area contributed by atoms with Crippen molar-refractivity contribution in [2.24, 2.45) is 5.92 Å². The summed E-state index contributed by atoms with van der Waals surface area (Å²) in [5.41, 5.74) is 2.29. The molecule has 188 valence electrons. The van der Waals surface area contributed by atoms with Gasteiger partial charge in [0.15, 0.2) is 0 Å². The average Bonchev–Trinajstić information content (AvgIpc) is 2.82. The SMILES string of the molecule is CCC(CC)C(=O)N(Cc1cc(NS(=O)(=O)c2ccc(OC)cc2)ccc1N(C)C)[C@@H](C)CC. The summed E-state index contributed by atoms with van der Waals surface area (Å²) in [6.07, 6.45) is 2.43. The van der Waals surface area contributed by atoms with E-state index in [-0.39, 0.29) is 22.8 Å². The lowest BCUT2D eigenvalue weighted by Gasteiger charge is -2.33. The molecular weight excluding hydrogens is 450 g/mol. The Hall–Kier alpha value is -2.74. The number of carbonyl (C=O) groups excluding carboxylic acids is 1. The number of hydrogen-bond acceptors (Lipinski definition) is 5. The Bertz CT molecular complexity index is 1050. The Morgan fingerprint density at radius 2 is 1.62 bits per heavy atom. The molecule has 1 N–H and O–H groups in total. The predicted molar refractivity (Wildman–Crippen MR) is 139 cm³/mol. The van der Waals surface area contributed by atoms with E-state index in [1.807, 2.05) is 49.9 Å². The second-order valence-electron chi connectivity index (χ2n) is 8.76. The maximum absolute atomic E-state index is 13.3. The largest absolute Gasteiger partial charge is 0.497 e. The predicted octanol–water partition coefficient (Wildman–Crippen LogP) is 5.13. The van der Waals surface area contributed by atoms with Crippen molar-refractivity contribution in [3.05, 3.63) is 48.0 Å². The Kier molecular flexibility index (Phi) is 9.79. The maximum Gasteiger partial charge on any atom is 0.261 e. The normalized spacial score (nSPS) is 12.4. The molecule has 7 nitrogen and oxygen atoms in total. The van der Waals surface area contributed by atoms with E-state index in [0.29, 0.717) is 18.0 Å². The van der Waals surface area contributed by atoms with Crippen LogP contribution in [0.15, 0.2) is 47.4 Å². The van der Waals surface area contributed by atoms with Crippen LogP contribution >= 0.6 is 0 Å². The van der Waals surface area contributed by atoms with Crippen LogP contribution in [0, 0.1) is 5.92 Å². The van der Waals surface area contributed by atoms with Crippen molar-refractivity contribution >= 4 is 27.3 Å². The van der Waals surface area contributed by atoms with E-state index in [9.17, 15) is 13.2 Å². The number of nitrogens with zero attached hydrogens (tertiary/aromatic N) is 2. The van der Waals surface area contributed by atoms with E-state index in [4.69, 9.17) is 4.74 Å². The minimum absolute atomic E-state index is 0.0198. The quantitative estimate of drug-likeness (QED) is 0.447. The van der Waals surface area contributed by atoms with Crippen molar-refractivity contribution in [2.75, 3.05) is 30.8 Å². The third-order valence-corrected chi connectivity index (χ3v) is 7.66. The van der Waals surface area contributed by atoms with Gasteiger partial charge in [0.25, 0.3) is 10.0 Å². The first-order valence-corrected chi connectivity index (χ1v) is 13.3. The number of benzene rings is 2. The topological polar surface area (TPSA) is 79.0 Å². The van der Waals surface area contributed by atoms with E-state index < -0.39 is 10.0 Å². The van der Waals surface area contributed by atoms with Crippen LogP contribution in [0.3, 0.4) is 0 Å². The molecule has 2 rings (SSSR count). The van der Waals surface area contributed by atoms with Crippen LogP contribution in [-0.4, -0.2) is 46.5 Å². The molecule has 0 bridgehead atoms. The van der Waals surface area contributed by atoms with Crippen molar-refractivity contribution in [3.8, 4) is 5.75 Å². The molecule has 0 aromatic heterocycles. The molecular formula is C26H39N3O4S. The van der Waals surface area contributed by atoms with Gasteiger partial charge in [0.05, 0.1) is 12.0 Å². The number of hydrogen-bond donors (Lipinski definition) is 1. The molecule has 0 saturated carbocycles. The van der Waals surface area contributed by atoms with Gasteiger partial charge in [0.2, 0.25) is 5.91 Å². The molecule has 0 unspecified atom stereocenters. The number of ether oxygens (including phenoxy) is 1. The van der Waals surface area contributed by atoms with E-state index in [0.717, 1.165) is 30.5 Å². The van der Waals surface area contributed by atoms with E-state index in [1.165, 1.54) is 19.2 Å². The van der Waals surface area contributed by atoms with Crippen LogP contribution in [0.25, 0.3) is 0 Å². The smallest absolute Gasteiger partial charge is 0.261 e. The summed E-state index contributed by atoms with van der Waals surface area (Å²) in [5.74, 6) is 0.714. The van der Waals surface area contributed by atoms with Gasteiger partial charge in [-0.15, -0.1) is 0 Å². The molecule has 2 aromatic rings. The van der Waals surface area contributed by atoms with Crippen LogP contribution in [0.4, 0.5) is 11.4 Å². The summed E-state index contributed by atoms with van der Waals surface area (Å²) in [5, 5.41) is 0. The highest BCUT2D eigenvalue weighted by molar-refractivity contribution is 7.92. The van der Waals surface area contributed by atoms with Gasteiger partial charge in [-0.3, -0.25) is 9.52 Å². The van der Waals surface area contributed by atoms with Crippen LogP contribution in [0.1, 0.15) is 52.5 Å². The lowest BCUT2D eigenvalue weighted by Crippen LogP contribution is -2.41. The van der Waals surface area contributed by atoms with Gasteiger partial charge in [0.1, 0.15) is 5.75 Å². The molecule has 1 atom stereocenters. The third-order valence-electron chi connectivity index (χ3n) is 6.26. The summed E-state index contributed by atoms with van der Waals surface area (Å²) < 4.78 is 33.7. The lowest BCUT2D eigenvalue weighted by atomic mass is 9.99. The number of amides is 1. The van der Waals surface area contributed by atoms with Gasteiger partial charge in [-0.2, -0.15) is 0 Å². The number of carbonyl (C=O) groups is 1. The highest BCUT2D eigenvalue weighted by atomic mass is 32.2.